The summed E-state index contributed by atoms with van der Waals surface area (Å²) < 4.78 is 33.7. The topological polar surface area (TPSA) is 103 Å². The Kier molecular flexibility index (Phi) is 3.80. The smallest absolute Gasteiger partial charge is 0.287 e. The third-order valence-corrected chi connectivity index (χ3v) is 5.07. The third-order valence-electron chi connectivity index (χ3n) is 3.74. The Morgan fingerprint density at radius 3 is 2.87 bits per heavy atom. The molecular formula is C14H16N4O4S. The number of hydrogen-bond donors (Lipinski definition) is 1. The maximum atomic E-state index is 12.4. The molecule has 0 atom stereocenters. The van der Waals surface area contributed by atoms with Gasteiger partial charge in [-0.15, -0.1) is 5.10 Å². The van der Waals surface area contributed by atoms with E-state index in [1.165, 1.54) is 16.8 Å². The van der Waals surface area contributed by atoms with Crippen LogP contribution in [0.5, 0.6) is 5.75 Å². The van der Waals surface area contributed by atoms with Gasteiger partial charge in [0.15, 0.2) is 5.69 Å². The van der Waals surface area contributed by atoms with Gasteiger partial charge in [-0.2, -0.15) is 0 Å². The van der Waals surface area contributed by atoms with Crippen LogP contribution in [0, 0.1) is 6.92 Å². The fourth-order valence-electron chi connectivity index (χ4n) is 2.35. The number of amides is 1. The maximum absolute atomic E-state index is 12.4. The molecule has 1 aromatic carbocycles. The van der Waals surface area contributed by atoms with Crippen LogP contribution in [0.3, 0.4) is 0 Å². The van der Waals surface area contributed by atoms with Crippen molar-refractivity contribution in [3.8, 4) is 5.75 Å². The summed E-state index contributed by atoms with van der Waals surface area (Å²) in [5, 5.41) is 7.37. The SMILES string of the molecule is Cc1c(C(=O)NS(=O)(=O)c2ccc3c(c2)CCCO3)nnn1C. The van der Waals surface area contributed by atoms with Crippen molar-refractivity contribution in [1.29, 1.82) is 0 Å². The minimum atomic E-state index is -3.98. The van der Waals surface area contributed by atoms with E-state index in [0.29, 0.717) is 18.1 Å². The molecule has 0 spiro atoms. The van der Waals surface area contributed by atoms with Gasteiger partial charge >= 0.3 is 0 Å². The summed E-state index contributed by atoms with van der Waals surface area (Å²) in [6.07, 6.45) is 1.58. The van der Waals surface area contributed by atoms with Gasteiger partial charge in [0.2, 0.25) is 0 Å². The van der Waals surface area contributed by atoms with E-state index in [1.807, 2.05) is 4.72 Å². The number of hydrogen-bond acceptors (Lipinski definition) is 6. The average molecular weight is 336 g/mol. The molecule has 1 N–H and O–H groups in total. The third kappa shape index (κ3) is 2.91. The molecule has 8 nitrogen and oxygen atoms in total. The van der Waals surface area contributed by atoms with Gasteiger partial charge < -0.3 is 4.74 Å². The first kappa shape index (κ1) is 15.5. The number of aromatic nitrogens is 3. The van der Waals surface area contributed by atoms with Crippen LogP contribution in [-0.4, -0.2) is 35.9 Å². The first-order valence-electron chi connectivity index (χ1n) is 7.07. The Morgan fingerprint density at radius 2 is 2.17 bits per heavy atom. The lowest BCUT2D eigenvalue weighted by Gasteiger charge is -2.17. The van der Waals surface area contributed by atoms with Crippen LogP contribution in [0.2, 0.25) is 0 Å². The molecule has 3 rings (SSSR count). The van der Waals surface area contributed by atoms with Crippen molar-refractivity contribution >= 4 is 15.9 Å². The van der Waals surface area contributed by atoms with Crippen molar-refractivity contribution in [2.24, 2.45) is 7.05 Å². The second-order valence-electron chi connectivity index (χ2n) is 5.30. The number of carbonyl (C=O) groups excluding carboxylic acids is 1. The standard InChI is InChI=1S/C14H16N4O4S/c1-9-13(15-17-18(9)2)14(19)16-23(20,21)11-5-6-12-10(8-11)4-3-7-22-12/h5-6,8H,3-4,7H2,1-2H3,(H,16,19). The van der Waals surface area contributed by atoms with E-state index in [9.17, 15) is 13.2 Å². The van der Waals surface area contributed by atoms with Gasteiger partial charge in [-0.1, -0.05) is 5.21 Å². The lowest BCUT2D eigenvalue weighted by atomic mass is 10.1. The first-order valence-corrected chi connectivity index (χ1v) is 8.56. The van der Waals surface area contributed by atoms with E-state index in [4.69, 9.17) is 4.74 Å². The van der Waals surface area contributed by atoms with E-state index in [-0.39, 0.29) is 10.6 Å². The first-order chi connectivity index (χ1) is 10.9. The van der Waals surface area contributed by atoms with Crippen molar-refractivity contribution in [2.75, 3.05) is 6.61 Å². The summed E-state index contributed by atoms with van der Waals surface area (Å²) in [4.78, 5) is 12.2. The molecule has 1 aromatic heterocycles. The summed E-state index contributed by atoms with van der Waals surface area (Å²) in [5.74, 6) is -0.115. The molecule has 0 saturated carbocycles. The second kappa shape index (κ2) is 5.65. The van der Waals surface area contributed by atoms with Crippen molar-refractivity contribution in [1.82, 2.24) is 19.7 Å². The van der Waals surface area contributed by atoms with E-state index in [0.717, 1.165) is 18.4 Å². The van der Waals surface area contributed by atoms with Crippen molar-refractivity contribution in [2.45, 2.75) is 24.7 Å². The number of aryl methyl sites for hydroxylation is 2. The van der Waals surface area contributed by atoms with Crippen LogP contribution in [0.4, 0.5) is 0 Å². The largest absolute Gasteiger partial charge is 0.493 e. The fourth-order valence-corrected chi connectivity index (χ4v) is 3.35. The Hall–Kier alpha value is -2.42. The number of ether oxygens (including phenoxy) is 1. The lowest BCUT2D eigenvalue weighted by Crippen LogP contribution is -2.31. The monoisotopic (exact) mass is 336 g/mol. The second-order valence-corrected chi connectivity index (χ2v) is 6.99. The van der Waals surface area contributed by atoms with Crippen LogP contribution in [-0.2, 0) is 23.5 Å². The molecule has 23 heavy (non-hydrogen) atoms. The van der Waals surface area contributed by atoms with Gasteiger partial charge in [0, 0.05) is 7.05 Å². The molecule has 1 aliphatic heterocycles. The molecule has 2 aromatic rings. The molecule has 9 heteroatoms. The molecule has 122 valence electrons. The Morgan fingerprint density at radius 1 is 1.39 bits per heavy atom. The van der Waals surface area contributed by atoms with Crippen LogP contribution < -0.4 is 9.46 Å². The Bertz CT molecular complexity index is 873. The van der Waals surface area contributed by atoms with E-state index in [1.54, 1.807) is 20.0 Å². The number of sulfonamides is 1. The van der Waals surface area contributed by atoms with Gasteiger partial charge in [-0.05, 0) is 43.5 Å². The fraction of sp³-hybridized carbons (Fsp3) is 0.357. The number of carbonyl (C=O) groups is 1. The number of benzene rings is 1. The Balaban J connectivity index is 1.87. The van der Waals surface area contributed by atoms with Gasteiger partial charge in [-0.3, -0.25) is 9.48 Å². The van der Waals surface area contributed by atoms with Crippen molar-refractivity contribution < 1.29 is 17.9 Å². The zero-order chi connectivity index (χ0) is 16.6. The van der Waals surface area contributed by atoms with Crippen molar-refractivity contribution in [3.63, 3.8) is 0 Å². The number of nitrogens with one attached hydrogen (secondary N) is 1. The highest BCUT2D eigenvalue weighted by Gasteiger charge is 2.24. The van der Waals surface area contributed by atoms with Crippen LogP contribution in [0.25, 0.3) is 0 Å². The molecule has 1 amide bonds. The minimum Gasteiger partial charge on any atom is -0.493 e. The molecule has 0 unspecified atom stereocenters. The molecule has 0 saturated heterocycles. The van der Waals surface area contributed by atoms with Crippen molar-refractivity contribution in [3.05, 3.63) is 35.2 Å². The molecule has 2 heterocycles. The van der Waals surface area contributed by atoms with E-state index >= 15 is 0 Å². The predicted molar refractivity (Wildman–Crippen MR) is 80.7 cm³/mol. The highest BCUT2D eigenvalue weighted by molar-refractivity contribution is 7.90. The number of rotatable bonds is 3. The minimum absolute atomic E-state index is 0.0163. The van der Waals surface area contributed by atoms with E-state index in [2.05, 4.69) is 10.3 Å². The number of fused-ring (bicyclic) bond motifs is 1. The van der Waals surface area contributed by atoms with Gasteiger partial charge in [0.25, 0.3) is 15.9 Å². The molecule has 0 radical (unpaired) electrons. The van der Waals surface area contributed by atoms with Crippen LogP contribution in [0.1, 0.15) is 28.2 Å². The molecule has 0 aliphatic carbocycles. The predicted octanol–water partition coefficient (Wildman–Crippen LogP) is 0.567. The summed E-state index contributed by atoms with van der Waals surface area (Å²) in [7, 11) is -2.36. The van der Waals surface area contributed by atoms with E-state index < -0.39 is 15.9 Å². The van der Waals surface area contributed by atoms with Crippen LogP contribution in [0.15, 0.2) is 23.1 Å². The Labute approximate surface area is 133 Å². The summed E-state index contributed by atoms with van der Waals surface area (Å²) >= 11 is 0. The van der Waals surface area contributed by atoms with Crippen LogP contribution >= 0.6 is 0 Å². The molecule has 1 aliphatic rings. The normalized spacial score (nSPS) is 14.0. The molecular weight excluding hydrogens is 320 g/mol. The zero-order valence-corrected chi connectivity index (χ0v) is 13.6. The molecule has 0 fully saturated rings. The molecule has 0 bridgehead atoms. The van der Waals surface area contributed by atoms with Gasteiger partial charge in [0.05, 0.1) is 17.2 Å². The number of nitrogens with zero attached hydrogens (tertiary/aromatic N) is 3. The highest BCUT2D eigenvalue weighted by Crippen LogP contribution is 2.27. The van der Waals surface area contributed by atoms with Gasteiger partial charge in [-0.25, -0.2) is 13.1 Å². The summed E-state index contributed by atoms with van der Waals surface area (Å²) in [5.41, 5.74) is 1.29. The lowest BCUT2D eigenvalue weighted by molar-refractivity contribution is 0.0976. The average Bonchev–Trinajstić information content (AvgIpc) is 2.86. The summed E-state index contributed by atoms with van der Waals surface area (Å²) in [6, 6.07) is 4.57. The maximum Gasteiger partial charge on any atom is 0.287 e. The highest BCUT2D eigenvalue weighted by atomic mass is 32.2. The summed E-state index contributed by atoms with van der Waals surface area (Å²) in [6.45, 7) is 2.26. The quantitative estimate of drug-likeness (QED) is 0.879. The zero-order valence-electron chi connectivity index (χ0n) is 12.7. The van der Waals surface area contributed by atoms with Gasteiger partial charge in [0.1, 0.15) is 5.75 Å².